The van der Waals surface area contributed by atoms with E-state index in [-0.39, 0.29) is 0 Å². The highest BCUT2D eigenvalue weighted by Crippen LogP contribution is 2.18. The SMILES string of the molecule is CCO[Si](CCCN=Cc1ccccn1)(OCC)OCC. The monoisotopic (exact) mass is 310 g/mol. The van der Waals surface area contributed by atoms with Crippen molar-refractivity contribution in [2.75, 3.05) is 26.4 Å². The maximum absolute atomic E-state index is 5.81. The summed E-state index contributed by atoms with van der Waals surface area (Å²) in [6, 6.07) is 6.57. The number of rotatable bonds is 11. The molecule has 0 saturated carbocycles. The number of nitrogens with zero attached hydrogens (tertiary/aromatic N) is 2. The van der Waals surface area contributed by atoms with Gasteiger partial charge in [-0.05, 0) is 39.3 Å². The van der Waals surface area contributed by atoms with Crippen molar-refractivity contribution >= 4 is 15.0 Å². The van der Waals surface area contributed by atoms with Crippen LogP contribution in [-0.2, 0) is 13.3 Å². The quantitative estimate of drug-likeness (QED) is 0.358. The van der Waals surface area contributed by atoms with Gasteiger partial charge in [0.1, 0.15) is 0 Å². The van der Waals surface area contributed by atoms with Crippen LogP contribution in [-0.4, -0.2) is 46.4 Å². The molecule has 1 rings (SSSR count). The zero-order chi connectivity index (χ0) is 15.4. The molecule has 0 aliphatic heterocycles. The molecule has 21 heavy (non-hydrogen) atoms. The number of aliphatic imine (C=N–C) groups is 1. The lowest BCUT2D eigenvalue weighted by atomic mass is 10.4. The van der Waals surface area contributed by atoms with Crippen molar-refractivity contribution in [3.05, 3.63) is 30.1 Å². The van der Waals surface area contributed by atoms with Crippen molar-refractivity contribution in [1.82, 2.24) is 4.98 Å². The van der Waals surface area contributed by atoms with Crippen LogP contribution >= 0.6 is 0 Å². The molecule has 6 heteroatoms. The molecule has 0 aliphatic rings. The number of hydrogen-bond donors (Lipinski definition) is 0. The van der Waals surface area contributed by atoms with Gasteiger partial charge in [0.15, 0.2) is 0 Å². The van der Waals surface area contributed by atoms with Gasteiger partial charge < -0.3 is 13.3 Å². The minimum atomic E-state index is -2.51. The predicted molar refractivity (Wildman–Crippen MR) is 86.8 cm³/mol. The van der Waals surface area contributed by atoms with Crippen molar-refractivity contribution in [3.8, 4) is 0 Å². The minimum Gasteiger partial charge on any atom is -0.374 e. The van der Waals surface area contributed by atoms with Crippen LogP contribution in [0.3, 0.4) is 0 Å². The average molecular weight is 310 g/mol. The first-order chi connectivity index (χ1) is 10.3. The van der Waals surface area contributed by atoms with Crippen LogP contribution < -0.4 is 0 Å². The first-order valence-electron chi connectivity index (χ1n) is 7.59. The molecule has 1 heterocycles. The summed E-state index contributed by atoms with van der Waals surface area (Å²) in [6.45, 7) is 8.48. The Hall–Kier alpha value is -1.08. The molecule has 0 amide bonds. The van der Waals surface area contributed by atoms with E-state index in [0.717, 1.165) is 24.7 Å². The zero-order valence-corrected chi connectivity index (χ0v) is 14.2. The smallest absolute Gasteiger partial charge is 0.374 e. The summed E-state index contributed by atoms with van der Waals surface area (Å²) in [5.74, 6) is 0. The molecule has 5 nitrogen and oxygen atoms in total. The van der Waals surface area contributed by atoms with Gasteiger partial charge in [-0.2, -0.15) is 0 Å². The summed E-state index contributed by atoms with van der Waals surface area (Å²) in [6.07, 6.45) is 4.44. The van der Waals surface area contributed by atoms with Crippen LogP contribution in [0.1, 0.15) is 32.9 Å². The van der Waals surface area contributed by atoms with E-state index in [1.54, 1.807) is 12.4 Å². The van der Waals surface area contributed by atoms with E-state index in [4.69, 9.17) is 13.3 Å². The van der Waals surface area contributed by atoms with Gasteiger partial charge in [-0.3, -0.25) is 9.98 Å². The summed E-state index contributed by atoms with van der Waals surface area (Å²) in [4.78, 5) is 8.59. The van der Waals surface area contributed by atoms with Crippen LogP contribution in [0, 0.1) is 0 Å². The van der Waals surface area contributed by atoms with Crippen molar-refractivity contribution in [2.24, 2.45) is 4.99 Å². The van der Waals surface area contributed by atoms with Gasteiger partial charge in [-0.1, -0.05) is 6.07 Å². The van der Waals surface area contributed by atoms with E-state index >= 15 is 0 Å². The second-order valence-electron chi connectivity index (χ2n) is 4.38. The highest BCUT2D eigenvalue weighted by Gasteiger charge is 2.39. The third kappa shape index (κ3) is 6.95. The van der Waals surface area contributed by atoms with Crippen LogP contribution in [0.4, 0.5) is 0 Å². The summed E-state index contributed by atoms with van der Waals surface area (Å²) in [5, 5.41) is 0. The summed E-state index contributed by atoms with van der Waals surface area (Å²) in [7, 11) is -2.51. The lowest BCUT2D eigenvalue weighted by Crippen LogP contribution is -2.46. The Balaban J connectivity index is 2.43. The fraction of sp³-hybridized carbons (Fsp3) is 0.600. The first-order valence-corrected chi connectivity index (χ1v) is 9.52. The molecule has 1 aromatic heterocycles. The molecule has 0 bridgehead atoms. The summed E-state index contributed by atoms with van der Waals surface area (Å²) >= 11 is 0. The predicted octanol–water partition coefficient (Wildman–Crippen LogP) is 2.94. The standard InChI is InChI=1S/C15H26N2O3Si/c1-4-18-21(19-5-2,20-6-3)13-9-11-16-14-15-10-7-8-12-17-15/h7-8,10,12,14H,4-6,9,11,13H2,1-3H3. The molecule has 0 N–H and O–H groups in total. The van der Waals surface area contributed by atoms with E-state index in [2.05, 4.69) is 9.98 Å². The van der Waals surface area contributed by atoms with E-state index in [9.17, 15) is 0 Å². The molecule has 0 spiro atoms. The Morgan fingerprint density at radius 3 is 2.29 bits per heavy atom. The second kappa shape index (κ2) is 10.6. The lowest BCUT2D eigenvalue weighted by Gasteiger charge is -2.28. The van der Waals surface area contributed by atoms with E-state index in [1.807, 2.05) is 39.0 Å². The van der Waals surface area contributed by atoms with Crippen molar-refractivity contribution in [3.63, 3.8) is 0 Å². The molecular weight excluding hydrogens is 284 g/mol. The topological polar surface area (TPSA) is 52.9 Å². The van der Waals surface area contributed by atoms with Crippen LogP contribution in [0.5, 0.6) is 0 Å². The normalized spacial score (nSPS) is 12.1. The number of aromatic nitrogens is 1. The molecule has 118 valence electrons. The third-order valence-corrected chi connectivity index (χ3v) is 5.93. The molecule has 0 aromatic carbocycles. The molecule has 0 unspecified atom stereocenters. The van der Waals surface area contributed by atoms with Gasteiger partial charge in [-0.15, -0.1) is 0 Å². The number of pyridine rings is 1. The summed E-state index contributed by atoms with van der Waals surface area (Å²) < 4.78 is 17.4. The fourth-order valence-electron chi connectivity index (χ4n) is 2.00. The largest absolute Gasteiger partial charge is 0.500 e. The minimum absolute atomic E-state index is 0.615. The van der Waals surface area contributed by atoms with Crippen molar-refractivity contribution < 1.29 is 13.3 Å². The molecule has 0 fully saturated rings. The van der Waals surface area contributed by atoms with Gasteiger partial charge in [-0.25, -0.2) is 0 Å². The molecule has 1 aromatic rings. The van der Waals surface area contributed by atoms with Gasteiger partial charge in [0.2, 0.25) is 0 Å². The number of hydrogen-bond acceptors (Lipinski definition) is 5. The maximum Gasteiger partial charge on any atom is 0.500 e. The second-order valence-corrected chi connectivity index (χ2v) is 7.11. The Bertz CT molecular complexity index is 384. The van der Waals surface area contributed by atoms with Gasteiger partial charge in [0.05, 0.1) is 5.69 Å². The Kier molecular flexibility index (Phi) is 9.08. The molecule has 0 aliphatic carbocycles. The molecule has 0 saturated heterocycles. The van der Waals surface area contributed by atoms with Gasteiger partial charge in [0.25, 0.3) is 0 Å². The fourth-order valence-corrected chi connectivity index (χ4v) is 4.59. The van der Waals surface area contributed by atoms with Gasteiger partial charge >= 0.3 is 8.80 Å². The first kappa shape index (κ1) is 18.0. The molecule has 0 radical (unpaired) electrons. The zero-order valence-electron chi connectivity index (χ0n) is 13.2. The van der Waals surface area contributed by atoms with Crippen LogP contribution in [0.2, 0.25) is 6.04 Å². The highest BCUT2D eigenvalue weighted by molar-refractivity contribution is 6.60. The lowest BCUT2D eigenvalue weighted by molar-refractivity contribution is 0.0710. The average Bonchev–Trinajstić information content (AvgIpc) is 2.49. The van der Waals surface area contributed by atoms with Crippen molar-refractivity contribution in [2.45, 2.75) is 33.2 Å². The van der Waals surface area contributed by atoms with E-state index in [1.165, 1.54) is 0 Å². The van der Waals surface area contributed by atoms with Crippen LogP contribution in [0.25, 0.3) is 0 Å². The van der Waals surface area contributed by atoms with Gasteiger partial charge in [0, 0.05) is 44.8 Å². The third-order valence-electron chi connectivity index (χ3n) is 2.77. The Morgan fingerprint density at radius 1 is 1.10 bits per heavy atom. The van der Waals surface area contributed by atoms with Crippen molar-refractivity contribution in [1.29, 1.82) is 0 Å². The van der Waals surface area contributed by atoms with E-state index in [0.29, 0.717) is 19.8 Å². The Morgan fingerprint density at radius 2 is 1.76 bits per heavy atom. The maximum atomic E-state index is 5.81. The van der Waals surface area contributed by atoms with E-state index < -0.39 is 8.80 Å². The highest BCUT2D eigenvalue weighted by atomic mass is 28.4. The van der Waals surface area contributed by atoms with Crippen LogP contribution in [0.15, 0.2) is 29.4 Å². The Labute approximate surface area is 128 Å². The molecular formula is C15H26N2O3Si. The molecule has 0 atom stereocenters. The summed E-state index contributed by atoms with van der Waals surface area (Å²) in [5.41, 5.74) is 0.875.